The number of H-pyrrole nitrogens is 1. The quantitative estimate of drug-likeness (QED) is 0.660. The topological polar surface area (TPSA) is 97.0 Å². The van der Waals surface area contributed by atoms with Crippen molar-refractivity contribution in [3.8, 4) is 11.1 Å². The zero-order valence-electron chi connectivity index (χ0n) is 15.8. The average Bonchev–Trinajstić information content (AvgIpc) is 3.32. The number of nitrogens with zero attached hydrogens (tertiary/aromatic N) is 2. The van der Waals surface area contributed by atoms with Crippen LogP contribution in [0.2, 0.25) is 0 Å². The molecular weight excluding hydrogens is 368 g/mol. The van der Waals surface area contributed by atoms with Gasteiger partial charge in [-0.05, 0) is 31.2 Å². The van der Waals surface area contributed by atoms with Crippen LogP contribution < -0.4 is 5.32 Å². The standard InChI is InChI=1S/C22H20N4O3/c27-20(25-19-15(12-24-26-19)14-7-3-1-4-8-14)16-11-23-13-17-18(16)21(28)29-22(17)9-5-2-6-10-22/h1,3-4,7-8,11-13H,2,5-6,9-10H2,(H2,24,25,26,27). The third-order valence-electron chi connectivity index (χ3n) is 5.79. The molecule has 1 amide bonds. The van der Waals surface area contributed by atoms with Crippen molar-refractivity contribution in [2.75, 3.05) is 5.32 Å². The van der Waals surface area contributed by atoms with E-state index in [1.807, 2.05) is 30.3 Å². The van der Waals surface area contributed by atoms with Crippen molar-refractivity contribution < 1.29 is 14.3 Å². The van der Waals surface area contributed by atoms with E-state index < -0.39 is 17.5 Å². The van der Waals surface area contributed by atoms with Gasteiger partial charge < -0.3 is 10.1 Å². The summed E-state index contributed by atoms with van der Waals surface area (Å²) >= 11 is 0. The van der Waals surface area contributed by atoms with Crippen molar-refractivity contribution in [1.82, 2.24) is 15.2 Å². The summed E-state index contributed by atoms with van der Waals surface area (Å²) in [4.78, 5) is 30.0. The highest BCUT2D eigenvalue weighted by atomic mass is 16.6. The van der Waals surface area contributed by atoms with Gasteiger partial charge in [0.1, 0.15) is 5.60 Å². The lowest BCUT2D eigenvalue weighted by molar-refractivity contribution is -0.0281. The van der Waals surface area contributed by atoms with E-state index >= 15 is 0 Å². The Bertz CT molecular complexity index is 1080. The molecule has 1 aliphatic heterocycles. The van der Waals surface area contributed by atoms with Gasteiger partial charge in [-0.1, -0.05) is 36.8 Å². The second kappa shape index (κ2) is 6.84. The van der Waals surface area contributed by atoms with E-state index in [0.717, 1.165) is 48.8 Å². The van der Waals surface area contributed by atoms with Crippen molar-refractivity contribution in [3.63, 3.8) is 0 Å². The van der Waals surface area contributed by atoms with Crippen LogP contribution in [0.5, 0.6) is 0 Å². The van der Waals surface area contributed by atoms with Crippen molar-refractivity contribution in [3.05, 3.63) is 65.6 Å². The Kier molecular flexibility index (Phi) is 4.16. The minimum atomic E-state index is -0.629. The first kappa shape index (κ1) is 17.6. The molecule has 29 heavy (non-hydrogen) atoms. The predicted molar refractivity (Wildman–Crippen MR) is 106 cm³/mol. The molecule has 0 atom stereocenters. The summed E-state index contributed by atoms with van der Waals surface area (Å²) in [7, 11) is 0. The van der Waals surface area contributed by atoms with E-state index in [-0.39, 0.29) is 5.56 Å². The third-order valence-corrected chi connectivity index (χ3v) is 5.79. The summed E-state index contributed by atoms with van der Waals surface area (Å²) in [6.07, 6.45) is 9.49. The number of anilines is 1. The molecule has 2 aromatic heterocycles. The molecule has 3 aromatic rings. The summed E-state index contributed by atoms with van der Waals surface area (Å²) < 4.78 is 5.80. The van der Waals surface area contributed by atoms with E-state index in [1.165, 1.54) is 6.20 Å². The highest BCUT2D eigenvalue weighted by molar-refractivity contribution is 6.13. The monoisotopic (exact) mass is 388 g/mol. The Morgan fingerprint density at radius 3 is 2.69 bits per heavy atom. The first-order chi connectivity index (χ1) is 14.2. The highest BCUT2D eigenvalue weighted by Gasteiger charge is 2.48. The molecular formula is C22H20N4O3. The fourth-order valence-corrected chi connectivity index (χ4v) is 4.37. The molecule has 1 fully saturated rings. The van der Waals surface area contributed by atoms with Crippen molar-refractivity contribution in [1.29, 1.82) is 0 Å². The van der Waals surface area contributed by atoms with E-state index in [2.05, 4.69) is 20.5 Å². The lowest BCUT2D eigenvalue weighted by Crippen LogP contribution is -2.29. The molecule has 1 aliphatic carbocycles. The van der Waals surface area contributed by atoms with Crippen LogP contribution in [0.3, 0.4) is 0 Å². The Labute approximate surface area is 167 Å². The van der Waals surface area contributed by atoms with Gasteiger partial charge in [0.05, 0.1) is 11.1 Å². The van der Waals surface area contributed by atoms with Crippen LogP contribution in [0, 0.1) is 0 Å². The smallest absolute Gasteiger partial charge is 0.340 e. The van der Waals surface area contributed by atoms with Crippen LogP contribution in [0.15, 0.2) is 48.9 Å². The molecule has 0 saturated heterocycles. The average molecular weight is 388 g/mol. The molecule has 7 nitrogen and oxygen atoms in total. The summed E-state index contributed by atoms with van der Waals surface area (Å²) in [6.45, 7) is 0. The number of benzene rings is 1. The Hall–Kier alpha value is -3.48. The van der Waals surface area contributed by atoms with Gasteiger partial charge in [0.15, 0.2) is 5.82 Å². The second-order valence-electron chi connectivity index (χ2n) is 7.52. The first-order valence-corrected chi connectivity index (χ1v) is 9.80. The van der Waals surface area contributed by atoms with Crippen molar-refractivity contribution in [2.45, 2.75) is 37.7 Å². The Morgan fingerprint density at radius 2 is 1.90 bits per heavy atom. The summed E-state index contributed by atoms with van der Waals surface area (Å²) in [5.41, 5.74) is 2.35. The summed E-state index contributed by atoms with van der Waals surface area (Å²) in [5.74, 6) is -0.472. The van der Waals surface area contributed by atoms with Gasteiger partial charge in [0, 0.05) is 29.7 Å². The van der Waals surface area contributed by atoms with Crippen LogP contribution >= 0.6 is 0 Å². The zero-order chi connectivity index (χ0) is 19.8. The molecule has 1 spiro atoms. The van der Waals surface area contributed by atoms with Gasteiger partial charge in [-0.3, -0.25) is 14.9 Å². The largest absolute Gasteiger partial charge is 0.450 e. The van der Waals surface area contributed by atoms with E-state index in [4.69, 9.17) is 4.74 Å². The van der Waals surface area contributed by atoms with Gasteiger partial charge in [-0.25, -0.2) is 4.79 Å². The van der Waals surface area contributed by atoms with E-state index in [1.54, 1.807) is 12.4 Å². The minimum Gasteiger partial charge on any atom is -0.450 e. The maximum atomic E-state index is 13.1. The number of carbonyl (C=O) groups excluding carboxylic acids is 2. The third kappa shape index (κ3) is 2.90. The zero-order valence-corrected chi connectivity index (χ0v) is 15.8. The number of esters is 1. The molecule has 1 saturated carbocycles. The number of carbonyl (C=O) groups is 2. The molecule has 0 unspecified atom stereocenters. The summed E-state index contributed by atoms with van der Waals surface area (Å²) in [5, 5.41) is 9.77. The van der Waals surface area contributed by atoms with Crippen molar-refractivity contribution in [2.24, 2.45) is 0 Å². The van der Waals surface area contributed by atoms with Crippen LogP contribution in [-0.2, 0) is 10.3 Å². The number of hydrogen-bond acceptors (Lipinski definition) is 5. The van der Waals surface area contributed by atoms with Crippen LogP contribution in [-0.4, -0.2) is 27.1 Å². The molecule has 146 valence electrons. The Morgan fingerprint density at radius 1 is 1.10 bits per heavy atom. The molecule has 2 aliphatic rings. The molecule has 0 radical (unpaired) electrons. The number of fused-ring (bicyclic) bond motifs is 2. The SMILES string of the molecule is O=C(Nc1n[nH]cc1-c1ccccc1)c1cncc2c1C(=O)OC21CCCCC1. The van der Waals surface area contributed by atoms with Gasteiger partial charge >= 0.3 is 5.97 Å². The second-order valence-corrected chi connectivity index (χ2v) is 7.52. The number of aromatic nitrogens is 3. The number of ether oxygens (including phenoxy) is 1. The summed E-state index contributed by atoms with van der Waals surface area (Å²) in [6, 6.07) is 9.63. The van der Waals surface area contributed by atoms with E-state index in [9.17, 15) is 9.59 Å². The number of pyridine rings is 1. The highest BCUT2D eigenvalue weighted by Crippen LogP contribution is 2.47. The van der Waals surface area contributed by atoms with Crippen LogP contribution in [0.1, 0.15) is 58.4 Å². The van der Waals surface area contributed by atoms with Crippen LogP contribution in [0.25, 0.3) is 11.1 Å². The molecule has 1 aromatic carbocycles. The lowest BCUT2D eigenvalue weighted by atomic mass is 9.79. The van der Waals surface area contributed by atoms with Crippen LogP contribution in [0.4, 0.5) is 5.82 Å². The number of amides is 1. The van der Waals surface area contributed by atoms with Gasteiger partial charge in [-0.2, -0.15) is 5.10 Å². The molecule has 3 heterocycles. The maximum Gasteiger partial charge on any atom is 0.340 e. The van der Waals surface area contributed by atoms with E-state index in [0.29, 0.717) is 11.4 Å². The first-order valence-electron chi connectivity index (χ1n) is 9.80. The molecule has 7 heteroatoms. The Balaban J connectivity index is 1.49. The minimum absolute atomic E-state index is 0.219. The normalized spacial score (nSPS) is 17.0. The predicted octanol–water partition coefficient (Wildman–Crippen LogP) is 4.05. The lowest BCUT2D eigenvalue weighted by Gasteiger charge is -2.32. The van der Waals surface area contributed by atoms with Crippen molar-refractivity contribution >= 4 is 17.7 Å². The maximum absolute atomic E-state index is 13.1. The fourth-order valence-electron chi connectivity index (χ4n) is 4.37. The molecule has 0 bridgehead atoms. The van der Waals surface area contributed by atoms with Gasteiger partial charge in [0.25, 0.3) is 5.91 Å². The fraction of sp³-hybridized carbons (Fsp3) is 0.273. The number of rotatable bonds is 3. The van der Waals surface area contributed by atoms with Gasteiger partial charge in [-0.15, -0.1) is 0 Å². The molecule has 2 N–H and O–H groups in total. The van der Waals surface area contributed by atoms with Gasteiger partial charge in [0.2, 0.25) is 0 Å². The molecule has 5 rings (SSSR count). The number of aromatic amines is 1. The number of nitrogens with one attached hydrogen (secondary N) is 2. The number of hydrogen-bond donors (Lipinski definition) is 2.